The van der Waals surface area contributed by atoms with E-state index in [9.17, 15) is 20.4 Å². The fourth-order valence-electron chi connectivity index (χ4n) is 4.84. The van der Waals surface area contributed by atoms with Crippen molar-refractivity contribution in [2.24, 2.45) is 0 Å². The van der Waals surface area contributed by atoms with E-state index in [1.807, 2.05) is 6.92 Å². The van der Waals surface area contributed by atoms with Gasteiger partial charge in [0.15, 0.2) is 0 Å². The first-order valence-electron chi connectivity index (χ1n) is 10.5. The Morgan fingerprint density at radius 3 is 2.37 bits per heavy atom. The van der Waals surface area contributed by atoms with Gasteiger partial charge in [-0.25, -0.2) is 0 Å². The van der Waals surface area contributed by atoms with Crippen LogP contribution in [0.1, 0.15) is 45.9 Å². The lowest BCUT2D eigenvalue weighted by molar-refractivity contribution is -0.231. The minimum absolute atomic E-state index is 0.417. The predicted molar refractivity (Wildman–Crippen MR) is 117 cm³/mol. The third kappa shape index (κ3) is 3.93. The Labute approximate surface area is 181 Å². The SMILES string of the molecule is CSc1ccc(Cc2cc([C@@H]3O[C@H](CO)C(O)[C@H](O)[C@@H]3O)c(C)c3c2CCC3)cc1. The number of aliphatic hydroxyl groups is 4. The number of rotatable bonds is 5. The number of ether oxygens (including phenoxy) is 1. The molecule has 5 atom stereocenters. The highest BCUT2D eigenvalue weighted by atomic mass is 32.2. The summed E-state index contributed by atoms with van der Waals surface area (Å²) in [4.78, 5) is 1.23. The number of benzene rings is 2. The van der Waals surface area contributed by atoms with E-state index in [0.717, 1.165) is 36.8 Å². The van der Waals surface area contributed by atoms with Crippen molar-refractivity contribution in [3.8, 4) is 0 Å². The molecular weight excluding hydrogens is 400 g/mol. The number of aliphatic hydroxyl groups excluding tert-OH is 4. The fourth-order valence-corrected chi connectivity index (χ4v) is 5.25. The molecule has 1 fully saturated rings. The zero-order valence-electron chi connectivity index (χ0n) is 17.4. The first kappa shape index (κ1) is 21.8. The topological polar surface area (TPSA) is 90.2 Å². The molecule has 5 nitrogen and oxygen atoms in total. The Hall–Kier alpha value is -1.41. The maximum atomic E-state index is 10.7. The van der Waals surface area contributed by atoms with E-state index in [-0.39, 0.29) is 0 Å². The van der Waals surface area contributed by atoms with Crippen LogP contribution in [0.2, 0.25) is 0 Å². The number of hydrogen-bond acceptors (Lipinski definition) is 6. The Balaban J connectivity index is 1.72. The lowest BCUT2D eigenvalue weighted by Crippen LogP contribution is -2.55. The molecule has 162 valence electrons. The molecule has 6 heteroatoms. The van der Waals surface area contributed by atoms with Gasteiger partial charge in [0.25, 0.3) is 0 Å². The quantitative estimate of drug-likeness (QED) is 0.545. The summed E-state index contributed by atoms with van der Waals surface area (Å²) >= 11 is 1.72. The minimum Gasteiger partial charge on any atom is -0.394 e. The van der Waals surface area contributed by atoms with Gasteiger partial charge in [-0.3, -0.25) is 0 Å². The van der Waals surface area contributed by atoms with E-state index < -0.39 is 37.1 Å². The molecule has 1 unspecified atom stereocenters. The van der Waals surface area contributed by atoms with Crippen molar-refractivity contribution in [3.63, 3.8) is 0 Å². The Bertz CT molecular complexity index is 895. The maximum absolute atomic E-state index is 10.7. The third-order valence-corrected chi connectivity index (χ3v) is 7.32. The van der Waals surface area contributed by atoms with Crippen molar-refractivity contribution in [1.82, 2.24) is 0 Å². The first-order chi connectivity index (χ1) is 14.4. The van der Waals surface area contributed by atoms with Crippen molar-refractivity contribution < 1.29 is 25.2 Å². The van der Waals surface area contributed by atoms with Gasteiger partial charge in [0, 0.05) is 4.90 Å². The Morgan fingerprint density at radius 2 is 1.70 bits per heavy atom. The summed E-state index contributed by atoms with van der Waals surface area (Å²) in [5, 5.41) is 40.7. The summed E-state index contributed by atoms with van der Waals surface area (Å²) < 4.78 is 5.88. The van der Waals surface area contributed by atoms with Crippen LogP contribution in [0.5, 0.6) is 0 Å². The lowest BCUT2D eigenvalue weighted by Gasteiger charge is -2.41. The highest BCUT2D eigenvalue weighted by molar-refractivity contribution is 7.98. The van der Waals surface area contributed by atoms with Crippen LogP contribution in [0.15, 0.2) is 35.2 Å². The monoisotopic (exact) mass is 430 g/mol. The molecule has 30 heavy (non-hydrogen) atoms. The van der Waals surface area contributed by atoms with E-state index in [2.05, 4.69) is 36.6 Å². The molecule has 0 amide bonds. The van der Waals surface area contributed by atoms with Crippen LogP contribution in [-0.2, 0) is 24.0 Å². The molecule has 0 radical (unpaired) electrons. The van der Waals surface area contributed by atoms with Crippen LogP contribution in [-0.4, -0.2) is 57.7 Å². The summed E-state index contributed by atoms with van der Waals surface area (Å²) in [6.07, 6.45) is 0.348. The molecule has 4 N–H and O–H groups in total. The van der Waals surface area contributed by atoms with Crippen LogP contribution in [0.4, 0.5) is 0 Å². The van der Waals surface area contributed by atoms with Gasteiger partial charge in [-0.1, -0.05) is 18.2 Å². The van der Waals surface area contributed by atoms with Gasteiger partial charge in [-0.15, -0.1) is 11.8 Å². The van der Waals surface area contributed by atoms with Crippen molar-refractivity contribution >= 4 is 11.8 Å². The van der Waals surface area contributed by atoms with Gasteiger partial charge in [0.2, 0.25) is 0 Å². The molecule has 0 aromatic heterocycles. The van der Waals surface area contributed by atoms with E-state index in [0.29, 0.717) is 0 Å². The van der Waals surface area contributed by atoms with Crippen LogP contribution in [0.3, 0.4) is 0 Å². The molecule has 0 spiro atoms. The minimum atomic E-state index is -1.36. The van der Waals surface area contributed by atoms with Crippen LogP contribution < -0.4 is 0 Å². The summed E-state index contributed by atoms with van der Waals surface area (Å²) in [5.41, 5.74) is 7.05. The standard InChI is InChI=1S/C24H30O5S/c1-13-17-4-3-5-18(17)15(10-14-6-8-16(30-2)9-7-14)11-19(13)24-23(28)22(27)21(26)20(12-25)29-24/h6-9,11,20-28H,3-5,10,12H2,1-2H3/t20-,21?,22+,23+,24+/m1/s1. The molecule has 0 bridgehead atoms. The molecule has 2 aromatic rings. The first-order valence-corrected chi connectivity index (χ1v) is 11.7. The van der Waals surface area contributed by atoms with Crippen LogP contribution >= 0.6 is 11.8 Å². The molecule has 1 aliphatic carbocycles. The second-order valence-electron chi connectivity index (χ2n) is 8.33. The second-order valence-corrected chi connectivity index (χ2v) is 9.21. The number of thioether (sulfide) groups is 1. The average Bonchev–Trinajstić information content (AvgIpc) is 3.26. The van der Waals surface area contributed by atoms with E-state index >= 15 is 0 Å². The van der Waals surface area contributed by atoms with Crippen molar-refractivity contribution in [3.05, 3.63) is 63.7 Å². The maximum Gasteiger partial charge on any atom is 0.113 e. The highest BCUT2D eigenvalue weighted by Gasteiger charge is 2.44. The predicted octanol–water partition coefficient (Wildman–Crippen LogP) is 2.31. The van der Waals surface area contributed by atoms with Gasteiger partial charge >= 0.3 is 0 Å². The van der Waals surface area contributed by atoms with Crippen LogP contribution in [0, 0.1) is 6.92 Å². The van der Waals surface area contributed by atoms with Gasteiger partial charge in [-0.2, -0.15) is 0 Å². The number of hydrogen-bond donors (Lipinski definition) is 4. The molecule has 1 heterocycles. The van der Waals surface area contributed by atoms with Crippen LogP contribution in [0.25, 0.3) is 0 Å². The number of fused-ring (bicyclic) bond motifs is 1. The van der Waals surface area contributed by atoms with Gasteiger partial charge < -0.3 is 25.2 Å². The van der Waals surface area contributed by atoms with E-state index in [1.165, 1.54) is 27.1 Å². The summed E-state index contributed by atoms with van der Waals surface area (Å²) in [5.74, 6) is 0. The van der Waals surface area contributed by atoms with E-state index in [4.69, 9.17) is 4.74 Å². The highest BCUT2D eigenvalue weighted by Crippen LogP contribution is 2.39. The zero-order chi connectivity index (χ0) is 21.4. The molecule has 0 saturated carbocycles. The van der Waals surface area contributed by atoms with Crippen molar-refractivity contribution in [2.45, 2.75) is 68.0 Å². The van der Waals surface area contributed by atoms with Gasteiger partial charge in [-0.05, 0) is 84.4 Å². The fraction of sp³-hybridized carbons (Fsp3) is 0.500. The Kier molecular flexibility index (Phi) is 6.53. The third-order valence-electron chi connectivity index (χ3n) is 6.57. The van der Waals surface area contributed by atoms with E-state index in [1.54, 1.807) is 11.8 Å². The normalized spacial score (nSPS) is 28.5. The van der Waals surface area contributed by atoms with Gasteiger partial charge in [0.1, 0.15) is 30.5 Å². The molecule has 2 aromatic carbocycles. The molecular formula is C24H30O5S. The average molecular weight is 431 g/mol. The largest absolute Gasteiger partial charge is 0.394 e. The smallest absolute Gasteiger partial charge is 0.113 e. The van der Waals surface area contributed by atoms with Crippen molar-refractivity contribution in [2.75, 3.05) is 12.9 Å². The zero-order valence-corrected chi connectivity index (χ0v) is 18.2. The summed E-state index contributed by atoms with van der Waals surface area (Å²) in [7, 11) is 0. The summed E-state index contributed by atoms with van der Waals surface area (Å²) in [6.45, 7) is 1.62. The van der Waals surface area contributed by atoms with Gasteiger partial charge in [0.05, 0.1) is 6.61 Å². The molecule has 1 saturated heterocycles. The second kappa shape index (κ2) is 8.99. The summed E-state index contributed by atoms with van der Waals surface area (Å²) in [6, 6.07) is 10.7. The van der Waals surface area contributed by atoms with Crippen molar-refractivity contribution in [1.29, 1.82) is 0 Å². The molecule has 1 aliphatic heterocycles. The Morgan fingerprint density at radius 1 is 1.00 bits per heavy atom. The molecule has 4 rings (SSSR count). The lowest BCUT2D eigenvalue weighted by atomic mass is 9.84. The molecule has 2 aliphatic rings.